The van der Waals surface area contributed by atoms with Crippen LogP contribution in [0.3, 0.4) is 0 Å². The van der Waals surface area contributed by atoms with Crippen molar-refractivity contribution in [2.45, 2.75) is 45.6 Å². The standard InChI is InChI=1S/C23H30Cl2N4O2S/c1-22(2,3)17-12-14(20(30)29-11-10-28(6)13-23(29,4)5)19(32-17)27-21(31)26-16-9-7-8-15(24)18(16)25/h7-9,12H,10-11,13H2,1-6H3,(H2,26,27,31). The Balaban J connectivity index is 1.90. The summed E-state index contributed by atoms with van der Waals surface area (Å²) < 4.78 is 0. The Hall–Kier alpha value is -1.80. The first-order valence-electron chi connectivity index (χ1n) is 10.5. The number of nitrogens with one attached hydrogen (secondary N) is 2. The number of carbonyl (C=O) groups is 2. The molecule has 9 heteroatoms. The number of halogens is 2. The number of nitrogens with zero attached hydrogens (tertiary/aromatic N) is 2. The first kappa shape index (κ1) is 24.8. The van der Waals surface area contributed by atoms with Crippen molar-refractivity contribution in [2.24, 2.45) is 0 Å². The maximum Gasteiger partial charge on any atom is 0.324 e. The summed E-state index contributed by atoms with van der Waals surface area (Å²) in [5.41, 5.74) is 0.424. The van der Waals surface area contributed by atoms with Gasteiger partial charge in [-0.2, -0.15) is 0 Å². The fourth-order valence-corrected chi connectivity index (χ4v) is 5.24. The molecule has 2 aromatic rings. The van der Waals surface area contributed by atoms with Gasteiger partial charge in [0.15, 0.2) is 0 Å². The first-order valence-corrected chi connectivity index (χ1v) is 12.0. The molecule has 1 saturated heterocycles. The molecule has 0 unspecified atom stereocenters. The van der Waals surface area contributed by atoms with Crippen molar-refractivity contribution in [3.8, 4) is 0 Å². The average Bonchev–Trinajstić information content (AvgIpc) is 3.08. The predicted molar refractivity (Wildman–Crippen MR) is 135 cm³/mol. The molecule has 1 aromatic heterocycles. The number of anilines is 2. The molecule has 1 aliphatic rings. The minimum atomic E-state index is -0.483. The van der Waals surface area contributed by atoms with E-state index >= 15 is 0 Å². The fourth-order valence-electron chi connectivity index (χ4n) is 3.79. The molecule has 1 fully saturated rings. The maximum absolute atomic E-state index is 13.6. The normalized spacial score (nSPS) is 16.7. The van der Waals surface area contributed by atoms with Gasteiger partial charge in [-0.05, 0) is 44.5 Å². The molecule has 6 nitrogen and oxygen atoms in total. The van der Waals surface area contributed by atoms with Crippen LogP contribution in [0.1, 0.15) is 49.9 Å². The lowest BCUT2D eigenvalue weighted by Crippen LogP contribution is -2.60. The molecule has 2 heterocycles. The molecule has 0 bridgehead atoms. The summed E-state index contributed by atoms with van der Waals surface area (Å²) in [5, 5.41) is 6.72. The van der Waals surface area contributed by atoms with Crippen LogP contribution < -0.4 is 10.6 Å². The lowest BCUT2D eigenvalue weighted by Gasteiger charge is -2.46. The quantitative estimate of drug-likeness (QED) is 0.534. The Bertz CT molecular complexity index is 1030. The van der Waals surface area contributed by atoms with Crippen molar-refractivity contribution < 1.29 is 9.59 Å². The van der Waals surface area contributed by atoms with Crippen LogP contribution in [0, 0.1) is 0 Å². The number of thiophene rings is 1. The second kappa shape index (κ2) is 9.21. The number of hydrogen-bond acceptors (Lipinski definition) is 4. The molecule has 3 rings (SSSR count). The zero-order valence-corrected chi connectivity index (χ0v) is 21.6. The number of benzene rings is 1. The third-order valence-corrected chi connectivity index (χ3v) is 7.76. The summed E-state index contributed by atoms with van der Waals surface area (Å²) in [4.78, 5) is 31.5. The molecule has 174 valence electrons. The van der Waals surface area contributed by atoms with E-state index in [0.29, 0.717) is 27.8 Å². The molecule has 0 saturated carbocycles. The highest BCUT2D eigenvalue weighted by Crippen LogP contribution is 2.38. The number of amides is 3. The van der Waals surface area contributed by atoms with Crippen molar-refractivity contribution in [3.05, 3.63) is 44.8 Å². The molecular weight excluding hydrogens is 467 g/mol. The number of piperazine rings is 1. The van der Waals surface area contributed by atoms with E-state index in [1.807, 2.05) is 11.0 Å². The first-order chi connectivity index (χ1) is 14.8. The molecule has 0 radical (unpaired) electrons. The highest BCUT2D eigenvalue weighted by atomic mass is 35.5. The molecule has 0 spiro atoms. The smallest absolute Gasteiger partial charge is 0.324 e. The van der Waals surface area contributed by atoms with Gasteiger partial charge < -0.3 is 15.1 Å². The monoisotopic (exact) mass is 496 g/mol. The molecule has 3 amide bonds. The molecule has 32 heavy (non-hydrogen) atoms. The van der Waals surface area contributed by atoms with Gasteiger partial charge in [0.1, 0.15) is 5.00 Å². The Morgan fingerprint density at radius 3 is 2.44 bits per heavy atom. The van der Waals surface area contributed by atoms with Crippen LogP contribution in [0.25, 0.3) is 0 Å². The third kappa shape index (κ3) is 5.39. The van der Waals surface area contributed by atoms with Crippen LogP contribution in [0.2, 0.25) is 10.0 Å². The number of urea groups is 1. The van der Waals surface area contributed by atoms with Crippen LogP contribution in [0.4, 0.5) is 15.5 Å². The predicted octanol–water partition coefficient (Wildman–Crippen LogP) is 6.16. The van der Waals surface area contributed by atoms with Gasteiger partial charge in [0.05, 0.1) is 26.8 Å². The van der Waals surface area contributed by atoms with Gasteiger partial charge in [-0.3, -0.25) is 10.1 Å². The van der Waals surface area contributed by atoms with E-state index in [2.05, 4.69) is 57.2 Å². The molecule has 2 N–H and O–H groups in total. The van der Waals surface area contributed by atoms with Gasteiger partial charge in [0.2, 0.25) is 0 Å². The van der Waals surface area contributed by atoms with E-state index in [9.17, 15) is 9.59 Å². The zero-order valence-electron chi connectivity index (χ0n) is 19.3. The third-order valence-electron chi connectivity index (χ3n) is 5.47. The van der Waals surface area contributed by atoms with Gasteiger partial charge in [-0.1, -0.05) is 50.0 Å². The SMILES string of the molecule is CN1CCN(C(=O)c2cc(C(C)(C)C)sc2NC(=O)Nc2cccc(Cl)c2Cl)C(C)(C)C1. The minimum Gasteiger partial charge on any atom is -0.331 e. The van der Waals surface area contributed by atoms with Crippen molar-refractivity contribution in [2.75, 3.05) is 37.3 Å². The van der Waals surface area contributed by atoms with Gasteiger partial charge in [0, 0.05) is 24.5 Å². The summed E-state index contributed by atoms with van der Waals surface area (Å²) in [6.07, 6.45) is 0. The molecular formula is C23H30Cl2N4O2S. The van der Waals surface area contributed by atoms with E-state index in [-0.39, 0.29) is 21.9 Å². The van der Waals surface area contributed by atoms with Gasteiger partial charge in [-0.25, -0.2) is 4.79 Å². The summed E-state index contributed by atoms with van der Waals surface area (Å²) >= 11 is 13.7. The maximum atomic E-state index is 13.6. The second-order valence-electron chi connectivity index (χ2n) is 9.79. The van der Waals surface area contributed by atoms with Crippen molar-refractivity contribution in [3.63, 3.8) is 0 Å². The van der Waals surface area contributed by atoms with E-state index in [1.165, 1.54) is 11.3 Å². The number of likely N-dealkylation sites (N-methyl/N-ethyl adjacent to an activating group) is 1. The molecule has 1 aliphatic heterocycles. The van der Waals surface area contributed by atoms with Crippen LogP contribution >= 0.6 is 34.5 Å². The van der Waals surface area contributed by atoms with Gasteiger partial charge >= 0.3 is 6.03 Å². The van der Waals surface area contributed by atoms with Crippen LogP contribution in [-0.4, -0.2) is 54.0 Å². The fraction of sp³-hybridized carbons (Fsp3) is 0.478. The van der Waals surface area contributed by atoms with Gasteiger partial charge in [-0.15, -0.1) is 11.3 Å². The van der Waals surface area contributed by atoms with Crippen LogP contribution in [0.15, 0.2) is 24.3 Å². The highest BCUT2D eigenvalue weighted by molar-refractivity contribution is 7.16. The Labute approximate surface area is 203 Å². The number of hydrogen-bond donors (Lipinski definition) is 2. The Kier molecular flexibility index (Phi) is 7.15. The topological polar surface area (TPSA) is 64.7 Å². The molecule has 1 aromatic carbocycles. The average molecular weight is 497 g/mol. The summed E-state index contributed by atoms with van der Waals surface area (Å²) in [5.74, 6) is -0.0778. The highest BCUT2D eigenvalue weighted by Gasteiger charge is 2.37. The van der Waals surface area contributed by atoms with Crippen LogP contribution in [0.5, 0.6) is 0 Å². The van der Waals surface area contributed by atoms with Crippen molar-refractivity contribution in [1.29, 1.82) is 0 Å². The largest absolute Gasteiger partial charge is 0.331 e. The van der Waals surface area contributed by atoms with E-state index in [1.54, 1.807) is 18.2 Å². The lowest BCUT2D eigenvalue weighted by molar-refractivity contribution is 0.0249. The van der Waals surface area contributed by atoms with Crippen LogP contribution in [-0.2, 0) is 5.41 Å². The molecule has 0 aliphatic carbocycles. The second-order valence-corrected chi connectivity index (χ2v) is 11.6. The zero-order chi connectivity index (χ0) is 23.8. The van der Waals surface area contributed by atoms with Crippen molar-refractivity contribution in [1.82, 2.24) is 9.80 Å². The number of carbonyl (C=O) groups excluding carboxylic acids is 2. The van der Waals surface area contributed by atoms with Gasteiger partial charge in [0.25, 0.3) is 5.91 Å². The Morgan fingerprint density at radius 2 is 1.81 bits per heavy atom. The van der Waals surface area contributed by atoms with E-state index < -0.39 is 6.03 Å². The Morgan fingerprint density at radius 1 is 1.12 bits per heavy atom. The van der Waals surface area contributed by atoms with Crippen molar-refractivity contribution >= 4 is 57.2 Å². The minimum absolute atomic E-state index is 0.0778. The number of rotatable bonds is 3. The summed E-state index contributed by atoms with van der Waals surface area (Å²) in [6.45, 7) is 12.6. The van der Waals surface area contributed by atoms with E-state index in [0.717, 1.165) is 18.0 Å². The molecule has 0 atom stereocenters. The lowest BCUT2D eigenvalue weighted by atomic mass is 9.93. The van der Waals surface area contributed by atoms with E-state index in [4.69, 9.17) is 23.2 Å². The summed E-state index contributed by atoms with van der Waals surface area (Å²) in [7, 11) is 2.06. The summed E-state index contributed by atoms with van der Waals surface area (Å²) in [6, 6.07) is 6.45.